The van der Waals surface area contributed by atoms with Crippen molar-refractivity contribution in [2.45, 2.75) is 6.92 Å². The lowest BCUT2D eigenvalue weighted by Gasteiger charge is -2.33. The van der Waals surface area contributed by atoms with Crippen molar-refractivity contribution < 1.29 is 19.2 Å². The number of hydrogen-bond acceptors (Lipinski definition) is 4. The Balaban J connectivity index is 1.44. The molecule has 0 aliphatic carbocycles. The molecule has 8 heteroatoms. The zero-order chi connectivity index (χ0) is 22.0. The number of rotatable bonds is 5. The minimum absolute atomic E-state index is 0.125. The summed E-state index contributed by atoms with van der Waals surface area (Å²) in [5, 5.41) is 4.52. The number of anilines is 2. The van der Waals surface area contributed by atoms with Gasteiger partial charge in [-0.15, -0.1) is 0 Å². The first kappa shape index (κ1) is 21.2. The summed E-state index contributed by atoms with van der Waals surface area (Å²) in [4.78, 5) is 31.7. The maximum Gasteiger partial charge on any atom is 0.356 e. The smallest absolute Gasteiger partial charge is 0.356 e. The third kappa shape index (κ3) is 4.52. The van der Waals surface area contributed by atoms with Crippen LogP contribution in [-0.2, 0) is 9.53 Å². The van der Waals surface area contributed by atoms with E-state index in [1.54, 1.807) is 0 Å². The molecule has 4 rings (SSSR count). The molecule has 3 aromatic rings. The number of H-pyrrole nitrogens is 1. The molecule has 1 aliphatic heterocycles. The molecule has 31 heavy (non-hydrogen) atoms. The van der Waals surface area contributed by atoms with E-state index in [9.17, 15) is 9.59 Å². The number of ether oxygens (including phenoxy) is 1. The van der Waals surface area contributed by atoms with Crippen molar-refractivity contribution in [3.8, 4) is 0 Å². The molecule has 2 aromatic carbocycles. The van der Waals surface area contributed by atoms with Gasteiger partial charge in [-0.3, -0.25) is 4.79 Å². The molecule has 2 heterocycles. The summed E-state index contributed by atoms with van der Waals surface area (Å²) in [6, 6.07) is 13.6. The van der Waals surface area contributed by atoms with Crippen molar-refractivity contribution in [3.63, 3.8) is 0 Å². The molecule has 7 nitrogen and oxygen atoms in total. The molecule has 0 unspecified atom stereocenters. The van der Waals surface area contributed by atoms with Crippen LogP contribution >= 0.6 is 11.6 Å². The number of methoxy groups -OCH3 is 1. The number of fused-ring (bicyclic) bond motifs is 1. The van der Waals surface area contributed by atoms with Crippen LogP contribution in [-0.4, -0.2) is 56.7 Å². The number of nitrogens with zero attached hydrogens (tertiary/aromatic N) is 1. The number of nitrogens with one attached hydrogen (secondary N) is 3. The normalized spacial score (nSPS) is 14.6. The van der Waals surface area contributed by atoms with Gasteiger partial charge in [-0.05, 0) is 36.8 Å². The highest BCUT2D eigenvalue weighted by Crippen LogP contribution is 2.31. The van der Waals surface area contributed by atoms with Gasteiger partial charge in [0.1, 0.15) is 5.69 Å². The maximum absolute atomic E-state index is 12.9. The Hall–Kier alpha value is -3.03. The van der Waals surface area contributed by atoms with Gasteiger partial charge in [0.05, 0.1) is 39.0 Å². The fourth-order valence-electron chi connectivity index (χ4n) is 4.15. The molecular formula is C23H26ClN4O3+. The molecule has 0 bridgehead atoms. The number of esters is 1. The van der Waals surface area contributed by atoms with Gasteiger partial charge in [-0.1, -0.05) is 29.8 Å². The van der Waals surface area contributed by atoms with E-state index in [1.807, 2.05) is 43.3 Å². The SMILES string of the molecule is COC(=O)c1[nH]c2cccc(C)c2c1NC(=O)C[NH+]1CCN(c2cccc(Cl)c2)CC1. The highest BCUT2D eigenvalue weighted by atomic mass is 35.5. The molecular weight excluding hydrogens is 416 g/mol. The van der Waals surface area contributed by atoms with Gasteiger partial charge >= 0.3 is 5.97 Å². The topological polar surface area (TPSA) is 78.9 Å². The number of piperazine rings is 1. The van der Waals surface area contributed by atoms with Crippen LogP contribution in [0.25, 0.3) is 10.9 Å². The summed E-state index contributed by atoms with van der Waals surface area (Å²) in [7, 11) is 1.33. The predicted molar refractivity (Wildman–Crippen MR) is 122 cm³/mol. The van der Waals surface area contributed by atoms with E-state index < -0.39 is 5.97 Å². The number of halogens is 1. The van der Waals surface area contributed by atoms with E-state index in [4.69, 9.17) is 16.3 Å². The fraction of sp³-hybridized carbons (Fsp3) is 0.304. The highest BCUT2D eigenvalue weighted by molar-refractivity contribution is 6.30. The number of carbonyl (C=O) groups excluding carboxylic acids is 2. The quantitative estimate of drug-likeness (QED) is 0.531. The number of amides is 1. The van der Waals surface area contributed by atoms with Crippen LogP contribution in [0.1, 0.15) is 16.1 Å². The molecule has 0 spiro atoms. The average molecular weight is 442 g/mol. The second-order valence-electron chi connectivity index (χ2n) is 7.81. The van der Waals surface area contributed by atoms with Crippen molar-refractivity contribution >= 4 is 45.8 Å². The second-order valence-corrected chi connectivity index (χ2v) is 8.24. The maximum atomic E-state index is 12.9. The van der Waals surface area contributed by atoms with Crippen molar-refractivity contribution in [1.82, 2.24) is 4.98 Å². The largest absolute Gasteiger partial charge is 0.464 e. The lowest BCUT2D eigenvalue weighted by atomic mass is 10.1. The van der Waals surface area contributed by atoms with E-state index in [2.05, 4.69) is 21.3 Å². The van der Waals surface area contributed by atoms with E-state index in [1.165, 1.54) is 12.0 Å². The standard InChI is InChI=1S/C23H25ClN4O3/c1-15-5-3-8-18-20(15)21(22(25-18)23(30)31-2)26-19(29)14-27-9-11-28(12-10-27)17-7-4-6-16(24)13-17/h3-8,13,25H,9-12,14H2,1-2H3,(H,26,29)/p+1. The number of quaternary nitrogens is 1. The Morgan fingerprint density at radius 3 is 2.65 bits per heavy atom. The van der Waals surface area contributed by atoms with Crippen LogP contribution in [0.15, 0.2) is 42.5 Å². The molecule has 1 fully saturated rings. The minimum Gasteiger partial charge on any atom is -0.464 e. The molecule has 0 saturated carbocycles. The first-order valence-electron chi connectivity index (χ1n) is 10.3. The molecule has 1 saturated heterocycles. The number of benzene rings is 2. The Labute approximate surface area is 185 Å². The predicted octanol–water partition coefficient (Wildman–Crippen LogP) is 2.26. The summed E-state index contributed by atoms with van der Waals surface area (Å²) in [6.07, 6.45) is 0. The van der Waals surface area contributed by atoms with Crippen molar-refractivity contribution in [2.24, 2.45) is 0 Å². The van der Waals surface area contributed by atoms with Gasteiger partial charge in [0, 0.05) is 21.6 Å². The van der Waals surface area contributed by atoms with Gasteiger partial charge in [-0.2, -0.15) is 0 Å². The zero-order valence-corrected chi connectivity index (χ0v) is 18.4. The molecule has 0 radical (unpaired) electrons. The molecule has 1 aliphatic rings. The highest BCUT2D eigenvalue weighted by Gasteiger charge is 2.25. The van der Waals surface area contributed by atoms with E-state index in [0.29, 0.717) is 12.2 Å². The van der Waals surface area contributed by atoms with E-state index in [0.717, 1.165) is 53.4 Å². The Morgan fingerprint density at radius 2 is 1.94 bits per heavy atom. The van der Waals surface area contributed by atoms with Gasteiger partial charge in [0.2, 0.25) is 0 Å². The first-order chi connectivity index (χ1) is 15.0. The number of carbonyl (C=O) groups is 2. The molecule has 1 aromatic heterocycles. The van der Waals surface area contributed by atoms with Crippen molar-refractivity contribution in [1.29, 1.82) is 0 Å². The lowest BCUT2D eigenvalue weighted by molar-refractivity contribution is -0.892. The summed E-state index contributed by atoms with van der Waals surface area (Å²) in [5.74, 6) is -0.631. The summed E-state index contributed by atoms with van der Waals surface area (Å²) < 4.78 is 4.90. The third-order valence-corrected chi connectivity index (χ3v) is 5.98. The second kappa shape index (κ2) is 8.99. The number of aromatic nitrogens is 1. The van der Waals surface area contributed by atoms with Gasteiger partial charge in [0.15, 0.2) is 6.54 Å². The number of hydrogen-bond donors (Lipinski definition) is 3. The van der Waals surface area contributed by atoms with Gasteiger partial charge in [-0.25, -0.2) is 4.79 Å². The summed E-state index contributed by atoms with van der Waals surface area (Å²) in [5.41, 5.74) is 3.62. The summed E-state index contributed by atoms with van der Waals surface area (Å²) >= 11 is 6.11. The van der Waals surface area contributed by atoms with Crippen LogP contribution in [0.4, 0.5) is 11.4 Å². The first-order valence-corrected chi connectivity index (χ1v) is 10.7. The van der Waals surface area contributed by atoms with Crippen LogP contribution in [0.5, 0.6) is 0 Å². The third-order valence-electron chi connectivity index (χ3n) is 5.74. The van der Waals surface area contributed by atoms with Gasteiger partial charge < -0.3 is 24.8 Å². The number of aromatic amines is 1. The van der Waals surface area contributed by atoms with Crippen LogP contribution in [0, 0.1) is 6.92 Å². The molecule has 3 N–H and O–H groups in total. The fourth-order valence-corrected chi connectivity index (χ4v) is 4.33. The molecule has 0 atom stereocenters. The Kier molecular flexibility index (Phi) is 6.15. The van der Waals surface area contributed by atoms with Crippen LogP contribution in [0.2, 0.25) is 5.02 Å². The van der Waals surface area contributed by atoms with Crippen LogP contribution in [0.3, 0.4) is 0 Å². The molecule has 1 amide bonds. The van der Waals surface area contributed by atoms with Crippen molar-refractivity contribution in [2.75, 3.05) is 50.1 Å². The average Bonchev–Trinajstić information content (AvgIpc) is 3.13. The zero-order valence-electron chi connectivity index (χ0n) is 17.6. The van der Waals surface area contributed by atoms with Gasteiger partial charge in [0.25, 0.3) is 5.91 Å². The monoisotopic (exact) mass is 441 g/mol. The van der Waals surface area contributed by atoms with Crippen molar-refractivity contribution in [3.05, 3.63) is 58.7 Å². The minimum atomic E-state index is -0.506. The van der Waals surface area contributed by atoms with Crippen LogP contribution < -0.4 is 15.1 Å². The number of aryl methyl sites for hydroxylation is 1. The summed E-state index contributed by atoms with van der Waals surface area (Å²) in [6.45, 7) is 5.67. The lowest BCUT2D eigenvalue weighted by Crippen LogP contribution is -3.15. The molecule has 162 valence electrons. The van der Waals surface area contributed by atoms with E-state index in [-0.39, 0.29) is 11.6 Å². The Bertz CT molecular complexity index is 1120. The Morgan fingerprint density at radius 1 is 1.19 bits per heavy atom. The van der Waals surface area contributed by atoms with E-state index >= 15 is 0 Å².